The van der Waals surface area contributed by atoms with Gasteiger partial charge >= 0.3 is 0 Å². The highest BCUT2D eigenvalue weighted by atomic mass is 32.1. The molecular formula is C16H24N2O2S. The molecule has 116 valence electrons. The van der Waals surface area contributed by atoms with E-state index in [4.69, 9.17) is 10.5 Å². The third-order valence-corrected chi connectivity index (χ3v) is 5.68. The average Bonchev–Trinajstić information content (AvgIpc) is 3.21. The van der Waals surface area contributed by atoms with E-state index >= 15 is 0 Å². The van der Waals surface area contributed by atoms with Crippen LogP contribution in [0.1, 0.15) is 42.8 Å². The molecule has 1 aliphatic carbocycles. The molecule has 0 aromatic carbocycles. The van der Waals surface area contributed by atoms with Crippen LogP contribution >= 0.6 is 11.3 Å². The molecule has 3 rings (SSSR count). The number of thiophene rings is 1. The summed E-state index contributed by atoms with van der Waals surface area (Å²) in [5.74, 6) is 2.42. The second kappa shape index (κ2) is 5.52. The molecule has 0 bridgehead atoms. The summed E-state index contributed by atoms with van der Waals surface area (Å²) >= 11 is 1.52. The Kier molecular flexibility index (Phi) is 3.86. The largest absolute Gasteiger partial charge is 0.492 e. The quantitative estimate of drug-likeness (QED) is 0.866. The third kappa shape index (κ3) is 2.76. The molecule has 2 N–H and O–H groups in total. The summed E-state index contributed by atoms with van der Waals surface area (Å²) in [6, 6.07) is 0. The van der Waals surface area contributed by atoms with Gasteiger partial charge in [-0.2, -0.15) is 0 Å². The topological polar surface area (TPSA) is 55.6 Å². The number of nitrogens with two attached hydrogens (primary N) is 1. The number of anilines is 2. The lowest BCUT2D eigenvalue weighted by molar-refractivity contribution is 0.0972. The maximum Gasteiger partial charge on any atom is 0.178 e. The Labute approximate surface area is 130 Å². The van der Waals surface area contributed by atoms with Crippen LogP contribution in [0.3, 0.4) is 0 Å². The number of carbonyl (C=O) groups is 1. The second-order valence-electron chi connectivity index (χ2n) is 6.67. The molecule has 2 atom stereocenters. The van der Waals surface area contributed by atoms with Crippen LogP contribution < -0.4 is 15.4 Å². The van der Waals surface area contributed by atoms with Gasteiger partial charge in [-0.3, -0.25) is 4.79 Å². The summed E-state index contributed by atoms with van der Waals surface area (Å²) in [5, 5.41) is 1.04. The number of carbonyl (C=O) groups excluding carboxylic acids is 1. The Morgan fingerprint density at radius 2 is 1.90 bits per heavy atom. The number of hydrogen-bond donors (Lipinski definition) is 1. The Morgan fingerprint density at radius 3 is 2.43 bits per heavy atom. The van der Waals surface area contributed by atoms with Crippen LogP contribution in [0.25, 0.3) is 0 Å². The van der Waals surface area contributed by atoms with Crippen molar-refractivity contribution in [1.82, 2.24) is 0 Å². The monoisotopic (exact) mass is 308 g/mol. The SMILES string of the molecule is COc1c(N2CC(C)CC(C)C2)sc(C(=O)C2CC2)c1N. The lowest BCUT2D eigenvalue weighted by Gasteiger charge is -2.35. The zero-order valence-corrected chi connectivity index (χ0v) is 13.8. The van der Waals surface area contributed by atoms with Gasteiger partial charge in [-0.15, -0.1) is 11.3 Å². The standard InChI is InChI=1S/C16H24N2O2S/c1-9-6-10(2)8-18(7-9)16-14(20-3)12(17)15(21-16)13(19)11-4-5-11/h9-11H,4-8,17H2,1-3H3. The molecule has 2 aliphatic rings. The zero-order chi connectivity index (χ0) is 15.1. The van der Waals surface area contributed by atoms with Gasteiger partial charge in [0, 0.05) is 19.0 Å². The van der Waals surface area contributed by atoms with Gasteiger partial charge in [0.15, 0.2) is 11.5 Å². The summed E-state index contributed by atoms with van der Waals surface area (Å²) < 4.78 is 5.52. The van der Waals surface area contributed by atoms with Crippen LogP contribution in [0.15, 0.2) is 0 Å². The van der Waals surface area contributed by atoms with E-state index in [1.54, 1.807) is 7.11 Å². The van der Waals surface area contributed by atoms with Gasteiger partial charge in [-0.1, -0.05) is 13.8 Å². The number of piperidine rings is 1. The lowest BCUT2D eigenvalue weighted by Crippen LogP contribution is -2.38. The van der Waals surface area contributed by atoms with E-state index in [1.165, 1.54) is 17.8 Å². The number of methoxy groups -OCH3 is 1. The molecule has 1 aromatic heterocycles. The van der Waals surface area contributed by atoms with Gasteiger partial charge in [0.25, 0.3) is 0 Å². The Morgan fingerprint density at radius 1 is 1.29 bits per heavy atom. The van der Waals surface area contributed by atoms with Crippen LogP contribution in [-0.2, 0) is 0 Å². The number of ketones is 1. The number of rotatable bonds is 4. The highest BCUT2D eigenvalue weighted by molar-refractivity contribution is 7.19. The fraction of sp³-hybridized carbons (Fsp3) is 0.688. The molecule has 0 amide bonds. The van der Waals surface area contributed by atoms with E-state index in [0.717, 1.165) is 30.9 Å². The summed E-state index contributed by atoms with van der Waals surface area (Å²) in [5.41, 5.74) is 6.74. The van der Waals surface area contributed by atoms with Crippen LogP contribution in [-0.4, -0.2) is 26.0 Å². The number of nitrogen functional groups attached to an aromatic ring is 1. The van der Waals surface area contributed by atoms with Gasteiger partial charge in [0.05, 0.1) is 17.7 Å². The van der Waals surface area contributed by atoms with Gasteiger partial charge in [0.1, 0.15) is 5.00 Å². The fourth-order valence-corrected chi connectivity index (χ4v) is 4.59. The Hall–Kier alpha value is -1.23. The van der Waals surface area contributed by atoms with Crippen molar-refractivity contribution in [2.24, 2.45) is 17.8 Å². The van der Waals surface area contributed by atoms with Crippen molar-refractivity contribution in [1.29, 1.82) is 0 Å². The van der Waals surface area contributed by atoms with E-state index in [9.17, 15) is 4.79 Å². The van der Waals surface area contributed by atoms with Gasteiger partial charge in [0.2, 0.25) is 0 Å². The molecule has 21 heavy (non-hydrogen) atoms. The first kappa shape index (κ1) is 14.7. The second-order valence-corrected chi connectivity index (χ2v) is 7.67. The van der Waals surface area contributed by atoms with Crippen molar-refractivity contribution >= 4 is 27.8 Å². The fourth-order valence-electron chi connectivity index (χ4n) is 3.36. The van der Waals surface area contributed by atoms with E-state index in [0.29, 0.717) is 28.1 Å². The minimum absolute atomic E-state index is 0.197. The zero-order valence-electron chi connectivity index (χ0n) is 13.0. The Bertz CT molecular complexity index is 541. The summed E-state index contributed by atoms with van der Waals surface area (Å²) in [7, 11) is 1.64. The first-order valence-electron chi connectivity index (χ1n) is 7.76. The van der Waals surface area contributed by atoms with Crippen LogP contribution in [0, 0.1) is 17.8 Å². The summed E-state index contributed by atoms with van der Waals surface area (Å²) in [4.78, 5) is 15.4. The van der Waals surface area contributed by atoms with Gasteiger partial charge < -0.3 is 15.4 Å². The molecule has 2 unspecified atom stereocenters. The highest BCUT2D eigenvalue weighted by Gasteiger charge is 2.36. The van der Waals surface area contributed by atoms with Crippen molar-refractivity contribution in [3.8, 4) is 5.75 Å². The van der Waals surface area contributed by atoms with Crippen LogP contribution in [0.2, 0.25) is 0 Å². The predicted octanol–water partition coefficient (Wildman–Crippen LogP) is 3.41. The molecule has 2 fully saturated rings. The minimum atomic E-state index is 0.197. The van der Waals surface area contributed by atoms with E-state index in [-0.39, 0.29) is 11.7 Å². The predicted molar refractivity (Wildman–Crippen MR) is 87.5 cm³/mol. The van der Waals surface area contributed by atoms with Crippen LogP contribution in [0.5, 0.6) is 5.75 Å². The smallest absolute Gasteiger partial charge is 0.178 e. The molecule has 2 heterocycles. The van der Waals surface area contributed by atoms with E-state index in [2.05, 4.69) is 18.7 Å². The molecule has 0 spiro atoms. The normalized spacial score (nSPS) is 26.0. The molecule has 1 saturated heterocycles. The minimum Gasteiger partial charge on any atom is -0.492 e. The molecule has 1 saturated carbocycles. The highest BCUT2D eigenvalue weighted by Crippen LogP contribution is 2.48. The van der Waals surface area contributed by atoms with Gasteiger partial charge in [-0.05, 0) is 31.1 Å². The summed E-state index contributed by atoms with van der Waals surface area (Å²) in [6.45, 7) is 6.58. The molecular weight excluding hydrogens is 284 g/mol. The van der Waals surface area contributed by atoms with Crippen molar-refractivity contribution in [3.63, 3.8) is 0 Å². The Balaban J connectivity index is 1.93. The molecule has 4 nitrogen and oxygen atoms in total. The van der Waals surface area contributed by atoms with Crippen molar-refractivity contribution in [2.75, 3.05) is 30.8 Å². The molecule has 5 heteroatoms. The average molecular weight is 308 g/mol. The summed E-state index contributed by atoms with van der Waals surface area (Å²) in [6.07, 6.45) is 3.27. The van der Waals surface area contributed by atoms with Crippen molar-refractivity contribution in [2.45, 2.75) is 33.1 Å². The van der Waals surface area contributed by atoms with Crippen molar-refractivity contribution in [3.05, 3.63) is 4.88 Å². The number of hydrogen-bond acceptors (Lipinski definition) is 5. The molecule has 0 radical (unpaired) electrons. The van der Waals surface area contributed by atoms with Crippen LogP contribution in [0.4, 0.5) is 10.7 Å². The first-order chi connectivity index (χ1) is 10.0. The van der Waals surface area contributed by atoms with Gasteiger partial charge in [-0.25, -0.2) is 0 Å². The van der Waals surface area contributed by atoms with E-state index < -0.39 is 0 Å². The number of Topliss-reactive ketones (excluding diaryl/α,β-unsaturated/α-hetero) is 1. The van der Waals surface area contributed by atoms with E-state index in [1.807, 2.05) is 0 Å². The third-order valence-electron chi connectivity index (χ3n) is 4.41. The first-order valence-corrected chi connectivity index (χ1v) is 8.58. The lowest BCUT2D eigenvalue weighted by atomic mass is 9.92. The molecule has 1 aliphatic heterocycles. The number of nitrogens with zero attached hydrogens (tertiary/aromatic N) is 1. The maximum atomic E-state index is 12.4. The maximum absolute atomic E-state index is 12.4. The van der Waals surface area contributed by atoms with Crippen molar-refractivity contribution < 1.29 is 9.53 Å². The number of ether oxygens (including phenoxy) is 1. The molecule has 1 aromatic rings.